The van der Waals surface area contributed by atoms with E-state index in [0.717, 1.165) is 6.07 Å². The van der Waals surface area contributed by atoms with Gasteiger partial charge in [-0.05, 0) is 13.0 Å². The van der Waals surface area contributed by atoms with Crippen molar-refractivity contribution in [1.29, 1.82) is 0 Å². The van der Waals surface area contributed by atoms with Crippen LogP contribution >= 0.6 is 15.9 Å². The molecule has 0 radical (unpaired) electrons. The molecule has 0 aliphatic carbocycles. The topological polar surface area (TPSA) is 118 Å². The molecule has 1 aromatic carbocycles. The number of hydrogen-bond acceptors (Lipinski definition) is 5. The van der Waals surface area contributed by atoms with Crippen molar-refractivity contribution in [3.8, 4) is 0 Å². The molecule has 0 amide bonds. The van der Waals surface area contributed by atoms with Crippen LogP contribution in [0.3, 0.4) is 0 Å². The summed E-state index contributed by atoms with van der Waals surface area (Å²) < 4.78 is 0. The molecule has 0 spiro atoms. The lowest BCUT2D eigenvalue weighted by Gasteiger charge is -2.12. The minimum absolute atomic E-state index is 0.00954. The zero-order valence-electron chi connectivity index (χ0n) is 9.74. The van der Waals surface area contributed by atoms with E-state index in [1.54, 1.807) is 0 Å². The second-order valence-electron chi connectivity index (χ2n) is 3.76. The highest BCUT2D eigenvalue weighted by Crippen LogP contribution is 2.36. The average molecular weight is 332 g/mol. The number of benzene rings is 1. The molecule has 0 fully saturated rings. The summed E-state index contributed by atoms with van der Waals surface area (Å²) in [6, 6.07) is 3.82. The molecule has 0 heterocycles. The van der Waals surface area contributed by atoms with Crippen LogP contribution in [0.15, 0.2) is 18.2 Å². The molecule has 8 heteroatoms. The lowest BCUT2D eigenvalue weighted by atomic mass is 9.99. The van der Waals surface area contributed by atoms with Gasteiger partial charge in [-0.25, -0.2) is 4.79 Å². The number of nitro groups is 1. The van der Waals surface area contributed by atoms with Crippen molar-refractivity contribution in [3.63, 3.8) is 0 Å². The number of hydrogen-bond donors (Lipinski definition) is 2. The Morgan fingerprint density at radius 2 is 1.89 bits per heavy atom. The quantitative estimate of drug-likeness (QED) is 0.482. The van der Waals surface area contributed by atoms with Crippen LogP contribution in [0.2, 0.25) is 0 Å². The van der Waals surface area contributed by atoms with Crippen LogP contribution in [0.1, 0.15) is 29.0 Å². The van der Waals surface area contributed by atoms with Crippen molar-refractivity contribution >= 4 is 33.4 Å². The second-order valence-corrected chi connectivity index (χ2v) is 4.67. The van der Waals surface area contributed by atoms with Gasteiger partial charge < -0.3 is 10.2 Å². The van der Waals surface area contributed by atoms with E-state index in [0.29, 0.717) is 0 Å². The van der Waals surface area contributed by atoms with E-state index in [1.807, 2.05) is 0 Å². The largest absolute Gasteiger partial charge is 0.479 e. The van der Waals surface area contributed by atoms with Crippen molar-refractivity contribution in [2.24, 2.45) is 0 Å². The number of aliphatic hydroxyl groups is 1. The number of aliphatic hydroxyl groups excluding tert-OH is 1. The van der Waals surface area contributed by atoms with Gasteiger partial charge in [-0.15, -0.1) is 0 Å². The Kier molecular flexibility index (Phi) is 4.73. The molecule has 0 saturated heterocycles. The monoisotopic (exact) mass is 331 g/mol. The van der Waals surface area contributed by atoms with Gasteiger partial charge in [0.25, 0.3) is 5.69 Å². The first-order chi connectivity index (χ1) is 8.77. The van der Waals surface area contributed by atoms with Crippen molar-refractivity contribution < 1.29 is 24.7 Å². The van der Waals surface area contributed by atoms with Gasteiger partial charge in [0.15, 0.2) is 6.10 Å². The van der Waals surface area contributed by atoms with Gasteiger partial charge in [-0.1, -0.05) is 28.1 Å². The number of alkyl halides is 1. The normalized spacial score (nSPS) is 13.6. The Labute approximate surface area is 116 Å². The van der Waals surface area contributed by atoms with Gasteiger partial charge >= 0.3 is 5.97 Å². The molecule has 1 aromatic rings. The smallest absolute Gasteiger partial charge is 0.337 e. The first-order valence-electron chi connectivity index (χ1n) is 5.10. The summed E-state index contributed by atoms with van der Waals surface area (Å²) in [5.41, 5.74) is -0.925. The second kappa shape index (κ2) is 5.89. The number of Topliss-reactive ketones (excluding diaryl/α,β-unsaturated/α-hetero) is 1. The predicted molar refractivity (Wildman–Crippen MR) is 68.0 cm³/mol. The van der Waals surface area contributed by atoms with Crippen molar-refractivity contribution in [3.05, 3.63) is 39.4 Å². The van der Waals surface area contributed by atoms with Gasteiger partial charge in [-0.3, -0.25) is 14.9 Å². The van der Waals surface area contributed by atoms with E-state index in [-0.39, 0.29) is 16.9 Å². The fourth-order valence-corrected chi connectivity index (χ4v) is 1.94. The summed E-state index contributed by atoms with van der Waals surface area (Å²) in [5, 5.41) is 29.3. The Bertz CT molecular complexity index is 506. The number of carboxylic acid groups (broad SMARTS) is 1. The Hall–Kier alpha value is -1.80. The fourth-order valence-electron chi connectivity index (χ4n) is 1.57. The first kappa shape index (κ1) is 15.3. The number of carbonyl (C=O) groups is 2. The van der Waals surface area contributed by atoms with E-state index in [1.165, 1.54) is 19.1 Å². The first-order valence-corrected chi connectivity index (χ1v) is 6.01. The third-order valence-electron chi connectivity index (χ3n) is 2.44. The third-order valence-corrected chi connectivity index (χ3v) is 3.58. The van der Waals surface area contributed by atoms with Gasteiger partial charge in [0.2, 0.25) is 0 Å². The molecule has 2 atom stereocenters. The van der Waals surface area contributed by atoms with Gasteiger partial charge in [0, 0.05) is 0 Å². The number of halogens is 1. The highest BCUT2D eigenvalue weighted by Gasteiger charge is 2.31. The molecular weight excluding hydrogens is 322 g/mol. The van der Waals surface area contributed by atoms with Gasteiger partial charge in [-0.2, -0.15) is 0 Å². The number of carbonyl (C=O) groups excluding carboxylic acids is 1. The van der Waals surface area contributed by atoms with Crippen molar-refractivity contribution in [2.45, 2.75) is 17.9 Å². The van der Waals surface area contributed by atoms with Crippen LogP contribution in [0.4, 0.5) is 5.69 Å². The summed E-state index contributed by atoms with van der Waals surface area (Å²) in [7, 11) is 0. The summed E-state index contributed by atoms with van der Waals surface area (Å²) in [4.78, 5) is 31.3. The number of para-hydroxylation sites is 1. The number of rotatable bonds is 5. The number of ketones is 1. The molecule has 0 aliphatic heterocycles. The molecule has 0 aliphatic rings. The van der Waals surface area contributed by atoms with Gasteiger partial charge in [0.1, 0.15) is 10.6 Å². The number of nitrogens with zero attached hydrogens (tertiary/aromatic N) is 1. The lowest BCUT2D eigenvalue weighted by molar-refractivity contribution is -0.386. The highest BCUT2D eigenvalue weighted by molar-refractivity contribution is 9.09. The molecule has 0 saturated carbocycles. The Morgan fingerprint density at radius 1 is 1.37 bits per heavy atom. The minimum atomic E-state index is -2.02. The van der Waals surface area contributed by atoms with Crippen molar-refractivity contribution in [1.82, 2.24) is 0 Å². The maximum absolute atomic E-state index is 11.3. The van der Waals surface area contributed by atoms with Gasteiger partial charge in [0.05, 0.1) is 16.1 Å². The Balaban J connectivity index is 3.51. The van der Waals surface area contributed by atoms with Crippen LogP contribution in [0.5, 0.6) is 0 Å². The zero-order chi connectivity index (χ0) is 14.7. The lowest BCUT2D eigenvalue weighted by Crippen LogP contribution is -2.14. The third kappa shape index (κ3) is 3.15. The maximum atomic E-state index is 11.3. The van der Waals surface area contributed by atoms with E-state index < -0.39 is 27.5 Å². The van der Waals surface area contributed by atoms with E-state index in [4.69, 9.17) is 5.11 Å². The highest BCUT2D eigenvalue weighted by atomic mass is 79.9. The maximum Gasteiger partial charge on any atom is 0.337 e. The summed E-state index contributed by atoms with van der Waals surface area (Å²) in [5.74, 6) is -1.97. The standard InChI is InChI=1S/C11H10BrNO6/c1-5(14)8(12)6-3-2-4-7(9(6)13(18)19)10(15)11(16)17/h2-4,8,10,15H,1H3,(H,16,17). The summed E-state index contributed by atoms with van der Waals surface area (Å²) >= 11 is 3.01. The van der Waals surface area contributed by atoms with Crippen LogP contribution in [0, 0.1) is 10.1 Å². The van der Waals surface area contributed by atoms with Crippen molar-refractivity contribution in [2.75, 3.05) is 0 Å². The minimum Gasteiger partial charge on any atom is -0.479 e. The number of carboxylic acids is 1. The molecule has 19 heavy (non-hydrogen) atoms. The van der Waals surface area contributed by atoms with E-state index in [9.17, 15) is 24.8 Å². The number of nitro benzene ring substituents is 1. The SMILES string of the molecule is CC(=O)C(Br)c1cccc(C(O)C(=O)O)c1[N+](=O)[O-]. The fraction of sp³-hybridized carbons (Fsp3) is 0.273. The molecular formula is C11H10BrNO6. The molecule has 102 valence electrons. The van der Waals surface area contributed by atoms with Crippen LogP contribution in [0.25, 0.3) is 0 Å². The van der Waals surface area contributed by atoms with E-state index >= 15 is 0 Å². The Morgan fingerprint density at radius 3 is 2.32 bits per heavy atom. The average Bonchev–Trinajstić information content (AvgIpc) is 2.35. The molecule has 7 nitrogen and oxygen atoms in total. The van der Waals surface area contributed by atoms with E-state index in [2.05, 4.69) is 15.9 Å². The molecule has 1 rings (SSSR count). The predicted octanol–water partition coefficient (Wildman–Crippen LogP) is 1.74. The number of aliphatic carboxylic acids is 1. The molecule has 0 aromatic heterocycles. The zero-order valence-corrected chi connectivity index (χ0v) is 11.3. The van der Waals surface area contributed by atoms with Crippen LogP contribution < -0.4 is 0 Å². The molecule has 2 unspecified atom stereocenters. The molecule has 2 N–H and O–H groups in total. The molecule has 0 bridgehead atoms. The van der Waals surface area contributed by atoms with Crippen LogP contribution in [-0.2, 0) is 9.59 Å². The summed E-state index contributed by atoms with van der Waals surface area (Å²) in [6.45, 7) is 1.24. The summed E-state index contributed by atoms with van der Waals surface area (Å²) in [6.07, 6.45) is -2.02. The van der Waals surface area contributed by atoms with Crippen LogP contribution in [-0.4, -0.2) is 26.9 Å².